The number of oxazole rings is 1. The molecule has 1 aliphatic heterocycles. The summed E-state index contributed by atoms with van der Waals surface area (Å²) in [6, 6.07) is 3.23. The average molecular weight is 339 g/mol. The second-order valence-electron chi connectivity index (χ2n) is 4.71. The van der Waals surface area contributed by atoms with E-state index in [0.717, 1.165) is 18.4 Å². The number of amides is 1. The minimum atomic E-state index is -0.399. The van der Waals surface area contributed by atoms with Crippen molar-refractivity contribution >= 4 is 27.5 Å². The molecule has 0 fully saturated rings. The lowest BCUT2D eigenvalue weighted by molar-refractivity contribution is 0.0978. The zero-order valence-electron chi connectivity index (χ0n) is 10.8. The number of fused-ring (bicyclic) bond motifs is 1. The molecule has 0 N–H and O–H groups in total. The summed E-state index contributed by atoms with van der Waals surface area (Å²) < 4.78 is 20.0. The van der Waals surface area contributed by atoms with Crippen LogP contribution in [0.15, 0.2) is 27.4 Å². The van der Waals surface area contributed by atoms with E-state index in [0.29, 0.717) is 22.5 Å². The fourth-order valence-corrected chi connectivity index (χ4v) is 2.97. The van der Waals surface area contributed by atoms with Crippen LogP contribution in [0.3, 0.4) is 0 Å². The van der Waals surface area contributed by atoms with E-state index in [1.807, 2.05) is 6.07 Å². The van der Waals surface area contributed by atoms with Gasteiger partial charge in [0.05, 0.1) is 5.69 Å². The van der Waals surface area contributed by atoms with Gasteiger partial charge in [0.15, 0.2) is 12.1 Å². The Morgan fingerprint density at radius 1 is 1.50 bits per heavy atom. The van der Waals surface area contributed by atoms with Gasteiger partial charge in [0.25, 0.3) is 5.91 Å². The monoisotopic (exact) mass is 338 g/mol. The van der Waals surface area contributed by atoms with Gasteiger partial charge < -0.3 is 9.32 Å². The molecule has 0 spiro atoms. The molecule has 2 heterocycles. The van der Waals surface area contributed by atoms with Crippen LogP contribution in [0.5, 0.6) is 0 Å². The van der Waals surface area contributed by atoms with Crippen molar-refractivity contribution in [3.63, 3.8) is 0 Å². The number of hydrogen-bond donors (Lipinski definition) is 0. The van der Waals surface area contributed by atoms with Crippen LogP contribution in [-0.2, 0) is 6.42 Å². The Hall–Kier alpha value is -1.69. The SMILES string of the molecule is Cc1ocnc1C(=O)N1CCCc2cc(Br)cc(F)c21. The standard InChI is InChI=1S/C14H12BrFN2O2/c1-8-12(17-7-20-8)14(19)18-4-2-3-9-5-10(15)6-11(16)13(9)18/h5-7H,2-4H2,1H3. The molecule has 104 valence electrons. The minimum absolute atomic E-state index is 0.236. The first-order valence-corrected chi connectivity index (χ1v) is 7.07. The van der Waals surface area contributed by atoms with Gasteiger partial charge in [-0.15, -0.1) is 0 Å². The van der Waals surface area contributed by atoms with Gasteiger partial charge >= 0.3 is 0 Å². The molecule has 0 atom stereocenters. The van der Waals surface area contributed by atoms with Crippen LogP contribution in [0, 0.1) is 12.7 Å². The van der Waals surface area contributed by atoms with E-state index < -0.39 is 5.82 Å². The van der Waals surface area contributed by atoms with Gasteiger partial charge in [-0.2, -0.15) is 0 Å². The first kappa shape index (κ1) is 13.3. The Balaban J connectivity index is 2.06. The predicted octanol–water partition coefficient (Wildman–Crippen LogP) is 3.48. The maximum absolute atomic E-state index is 14.2. The van der Waals surface area contributed by atoms with Crippen LogP contribution in [0.2, 0.25) is 0 Å². The summed E-state index contributed by atoms with van der Waals surface area (Å²) in [4.78, 5) is 17.9. The number of nitrogens with zero attached hydrogens (tertiary/aromatic N) is 2. The number of benzene rings is 1. The van der Waals surface area contributed by atoms with Crippen molar-refractivity contribution in [2.45, 2.75) is 19.8 Å². The van der Waals surface area contributed by atoms with E-state index in [9.17, 15) is 9.18 Å². The van der Waals surface area contributed by atoms with Crippen molar-refractivity contribution < 1.29 is 13.6 Å². The van der Waals surface area contributed by atoms with Crippen LogP contribution >= 0.6 is 15.9 Å². The summed E-state index contributed by atoms with van der Waals surface area (Å²) in [6.45, 7) is 2.15. The first-order valence-electron chi connectivity index (χ1n) is 6.28. The number of rotatable bonds is 1. The molecule has 1 aromatic carbocycles. The molecule has 0 saturated heterocycles. The lowest BCUT2D eigenvalue weighted by Gasteiger charge is -2.29. The van der Waals surface area contributed by atoms with E-state index in [4.69, 9.17) is 4.42 Å². The molecule has 0 aliphatic carbocycles. The quantitative estimate of drug-likeness (QED) is 0.799. The van der Waals surface area contributed by atoms with Crippen molar-refractivity contribution in [1.29, 1.82) is 0 Å². The summed E-state index contributed by atoms with van der Waals surface area (Å²) in [5, 5.41) is 0. The predicted molar refractivity (Wildman–Crippen MR) is 75.3 cm³/mol. The van der Waals surface area contributed by atoms with Gasteiger partial charge in [-0.1, -0.05) is 15.9 Å². The molecule has 0 bridgehead atoms. The van der Waals surface area contributed by atoms with Crippen molar-refractivity contribution in [3.8, 4) is 0 Å². The summed E-state index contributed by atoms with van der Waals surface area (Å²) in [7, 11) is 0. The minimum Gasteiger partial charge on any atom is -0.448 e. The van der Waals surface area contributed by atoms with E-state index >= 15 is 0 Å². The molecule has 3 rings (SSSR count). The molecule has 1 amide bonds. The second kappa shape index (κ2) is 5.01. The second-order valence-corrected chi connectivity index (χ2v) is 5.63. The van der Waals surface area contributed by atoms with E-state index in [2.05, 4.69) is 20.9 Å². The molecule has 0 unspecified atom stereocenters. The van der Waals surface area contributed by atoms with Crippen LogP contribution in [0.25, 0.3) is 0 Å². The van der Waals surface area contributed by atoms with Crippen LogP contribution < -0.4 is 4.90 Å². The van der Waals surface area contributed by atoms with E-state index in [1.165, 1.54) is 17.4 Å². The number of aromatic nitrogens is 1. The molecule has 2 aromatic rings. The summed E-state index contributed by atoms with van der Waals surface area (Å²) in [5.41, 5.74) is 1.42. The Labute approximate surface area is 123 Å². The Morgan fingerprint density at radius 3 is 3.00 bits per heavy atom. The smallest absolute Gasteiger partial charge is 0.280 e. The number of halogens is 2. The molecular weight excluding hydrogens is 327 g/mol. The lowest BCUT2D eigenvalue weighted by atomic mass is 10.0. The maximum atomic E-state index is 14.2. The summed E-state index contributed by atoms with van der Waals surface area (Å²) in [5.74, 6) is -0.276. The largest absolute Gasteiger partial charge is 0.448 e. The topological polar surface area (TPSA) is 46.3 Å². The summed E-state index contributed by atoms with van der Waals surface area (Å²) >= 11 is 3.28. The van der Waals surface area contributed by atoms with Gasteiger partial charge in [0.2, 0.25) is 0 Å². The van der Waals surface area contributed by atoms with Gasteiger partial charge in [-0.25, -0.2) is 9.37 Å². The van der Waals surface area contributed by atoms with Gasteiger partial charge in [0.1, 0.15) is 11.6 Å². The van der Waals surface area contributed by atoms with Crippen molar-refractivity contribution in [3.05, 3.63) is 45.8 Å². The maximum Gasteiger partial charge on any atom is 0.280 e. The Bertz CT molecular complexity index is 684. The fraction of sp³-hybridized carbons (Fsp3) is 0.286. The third-order valence-electron chi connectivity index (χ3n) is 3.40. The van der Waals surface area contributed by atoms with Crippen molar-refractivity contribution in [2.24, 2.45) is 0 Å². The zero-order chi connectivity index (χ0) is 14.3. The van der Waals surface area contributed by atoms with Crippen LogP contribution in [-0.4, -0.2) is 17.4 Å². The Kier molecular flexibility index (Phi) is 3.33. The van der Waals surface area contributed by atoms with Crippen LogP contribution in [0.4, 0.5) is 10.1 Å². The molecule has 1 aromatic heterocycles. The third-order valence-corrected chi connectivity index (χ3v) is 3.86. The number of aryl methyl sites for hydroxylation is 2. The van der Waals surface area contributed by atoms with Crippen molar-refractivity contribution in [2.75, 3.05) is 11.4 Å². The highest BCUT2D eigenvalue weighted by atomic mass is 79.9. The average Bonchev–Trinajstić information content (AvgIpc) is 2.83. The highest BCUT2D eigenvalue weighted by molar-refractivity contribution is 9.10. The van der Waals surface area contributed by atoms with E-state index in [-0.39, 0.29) is 11.6 Å². The fourth-order valence-electron chi connectivity index (χ4n) is 2.49. The number of carbonyl (C=O) groups is 1. The normalized spacial score (nSPS) is 14.2. The highest BCUT2D eigenvalue weighted by Crippen LogP contribution is 2.33. The van der Waals surface area contributed by atoms with Crippen LogP contribution in [0.1, 0.15) is 28.2 Å². The number of anilines is 1. The lowest BCUT2D eigenvalue weighted by Crippen LogP contribution is -2.36. The van der Waals surface area contributed by atoms with Gasteiger partial charge in [-0.3, -0.25) is 4.79 Å². The molecule has 0 saturated carbocycles. The third kappa shape index (κ3) is 2.14. The molecule has 6 heteroatoms. The van der Waals surface area contributed by atoms with E-state index in [1.54, 1.807) is 6.92 Å². The number of carbonyl (C=O) groups excluding carboxylic acids is 1. The van der Waals surface area contributed by atoms with Gasteiger partial charge in [-0.05, 0) is 37.5 Å². The molecule has 0 radical (unpaired) electrons. The van der Waals surface area contributed by atoms with Gasteiger partial charge in [0, 0.05) is 11.0 Å². The number of hydrogen-bond acceptors (Lipinski definition) is 3. The first-order chi connectivity index (χ1) is 9.58. The highest BCUT2D eigenvalue weighted by Gasteiger charge is 2.29. The zero-order valence-corrected chi connectivity index (χ0v) is 12.4. The molecule has 20 heavy (non-hydrogen) atoms. The summed E-state index contributed by atoms with van der Waals surface area (Å²) in [6.07, 6.45) is 2.78. The molecular formula is C14H12BrFN2O2. The molecule has 4 nitrogen and oxygen atoms in total. The molecule has 1 aliphatic rings. The Morgan fingerprint density at radius 2 is 2.30 bits per heavy atom. The van der Waals surface area contributed by atoms with Crippen molar-refractivity contribution in [1.82, 2.24) is 4.98 Å².